The van der Waals surface area contributed by atoms with Crippen molar-refractivity contribution in [2.45, 2.75) is 6.92 Å². The molecular formula is C57H40N2. The number of para-hydroxylation sites is 2. The van der Waals surface area contributed by atoms with Gasteiger partial charge in [-0.1, -0.05) is 163 Å². The third kappa shape index (κ3) is 6.14. The number of aryl methyl sites for hydroxylation is 1. The van der Waals surface area contributed by atoms with E-state index >= 15 is 0 Å². The van der Waals surface area contributed by atoms with Crippen molar-refractivity contribution in [2.75, 3.05) is 4.90 Å². The number of benzene rings is 10. The molecule has 0 aliphatic rings. The van der Waals surface area contributed by atoms with Gasteiger partial charge in [0.25, 0.3) is 0 Å². The highest BCUT2D eigenvalue weighted by atomic mass is 15.1. The molecule has 59 heavy (non-hydrogen) atoms. The van der Waals surface area contributed by atoms with Gasteiger partial charge in [-0.25, -0.2) is 0 Å². The van der Waals surface area contributed by atoms with E-state index in [0.29, 0.717) is 0 Å². The van der Waals surface area contributed by atoms with Crippen LogP contribution in [0.1, 0.15) is 5.56 Å². The zero-order valence-electron chi connectivity index (χ0n) is 32.8. The molecule has 0 saturated heterocycles. The Morgan fingerprint density at radius 1 is 0.322 bits per heavy atom. The maximum absolute atomic E-state index is 2.37. The Bertz CT molecular complexity index is 3230. The van der Waals surface area contributed by atoms with E-state index < -0.39 is 0 Å². The lowest BCUT2D eigenvalue weighted by Crippen LogP contribution is -2.10. The first-order valence-corrected chi connectivity index (χ1v) is 20.3. The molecule has 0 aliphatic carbocycles. The smallest absolute Gasteiger partial charge is 0.0541 e. The van der Waals surface area contributed by atoms with Crippen LogP contribution in [0.4, 0.5) is 17.1 Å². The van der Waals surface area contributed by atoms with Gasteiger partial charge in [0.05, 0.1) is 11.0 Å². The lowest BCUT2D eigenvalue weighted by Gasteiger charge is -2.26. The molecule has 2 heteroatoms. The summed E-state index contributed by atoms with van der Waals surface area (Å²) in [7, 11) is 0. The van der Waals surface area contributed by atoms with Crippen molar-refractivity contribution < 1.29 is 0 Å². The van der Waals surface area contributed by atoms with Crippen LogP contribution in [-0.2, 0) is 0 Å². The quantitative estimate of drug-likeness (QED) is 0.147. The molecule has 0 fully saturated rings. The molecule has 1 aromatic heterocycles. The van der Waals surface area contributed by atoms with Crippen LogP contribution >= 0.6 is 0 Å². The molecule has 0 N–H and O–H groups in total. The summed E-state index contributed by atoms with van der Waals surface area (Å²) in [5.41, 5.74) is 15.4. The van der Waals surface area contributed by atoms with E-state index in [9.17, 15) is 0 Å². The second-order valence-electron chi connectivity index (χ2n) is 15.4. The Morgan fingerprint density at radius 2 is 0.712 bits per heavy atom. The maximum Gasteiger partial charge on any atom is 0.0541 e. The molecule has 0 aliphatic heterocycles. The summed E-state index contributed by atoms with van der Waals surface area (Å²) in [5.74, 6) is 0. The zero-order valence-corrected chi connectivity index (χ0v) is 32.8. The molecule has 10 aromatic carbocycles. The van der Waals surface area contributed by atoms with Crippen molar-refractivity contribution in [3.63, 3.8) is 0 Å². The standard InChI is InChI=1S/C57H40N2/c1-39-18-20-40(21-19-39)42-26-30-46(31-27-42)58(48-34-36-49(37-35-48)59-56-16-8-6-14-53(56)54-15-7-9-17-57(54)59)47-32-28-43(29-33-47)41-22-24-44(25-23-41)55-38-45-10-2-3-11-50(45)51-12-4-5-13-52(51)55/h2-38H,1H3. The van der Waals surface area contributed by atoms with E-state index in [0.717, 1.165) is 22.7 Å². The molecule has 0 atom stereocenters. The van der Waals surface area contributed by atoms with Gasteiger partial charge in [-0.05, 0) is 129 Å². The van der Waals surface area contributed by atoms with E-state index in [2.05, 4.69) is 241 Å². The monoisotopic (exact) mass is 752 g/mol. The average Bonchev–Trinajstić information content (AvgIpc) is 3.64. The average molecular weight is 753 g/mol. The Labute approximate surface area is 344 Å². The Kier molecular flexibility index (Phi) is 8.41. The van der Waals surface area contributed by atoms with E-state index in [-0.39, 0.29) is 0 Å². The normalized spacial score (nSPS) is 11.5. The first-order valence-electron chi connectivity index (χ1n) is 20.3. The summed E-state index contributed by atoms with van der Waals surface area (Å²) in [6.07, 6.45) is 0. The predicted octanol–water partition coefficient (Wildman–Crippen LogP) is 15.9. The van der Waals surface area contributed by atoms with Gasteiger partial charge in [0, 0.05) is 33.5 Å². The zero-order chi connectivity index (χ0) is 39.3. The fourth-order valence-electron chi connectivity index (χ4n) is 8.89. The Hall–Kier alpha value is -7.68. The predicted molar refractivity (Wildman–Crippen MR) is 252 cm³/mol. The van der Waals surface area contributed by atoms with Crippen LogP contribution in [0, 0.1) is 6.92 Å². The van der Waals surface area contributed by atoms with Crippen molar-refractivity contribution in [3.05, 3.63) is 230 Å². The number of rotatable bonds is 7. The summed E-state index contributed by atoms with van der Waals surface area (Å²) in [6, 6.07) is 81.8. The van der Waals surface area contributed by atoms with Crippen LogP contribution in [0.25, 0.3) is 82.4 Å². The van der Waals surface area contributed by atoms with Crippen molar-refractivity contribution in [1.29, 1.82) is 0 Å². The second-order valence-corrected chi connectivity index (χ2v) is 15.4. The lowest BCUT2D eigenvalue weighted by molar-refractivity contribution is 1.17. The minimum Gasteiger partial charge on any atom is -0.311 e. The topological polar surface area (TPSA) is 8.17 Å². The van der Waals surface area contributed by atoms with Crippen molar-refractivity contribution in [3.8, 4) is 39.1 Å². The molecule has 1 heterocycles. The van der Waals surface area contributed by atoms with Gasteiger partial charge in [-0.3, -0.25) is 0 Å². The number of hydrogen-bond acceptors (Lipinski definition) is 1. The highest BCUT2D eigenvalue weighted by Crippen LogP contribution is 2.40. The molecule has 0 unspecified atom stereocenters. The number of anilines is 3. The lowest BCUT2D eigenvalue weighted by atomic mass is 9.92. The van der Waals surface area contributed by atoms with Crippen LogP contribution < -0.4 is 4.90 Å². The number of aromatic nitrogens is 1. The SMILES string of the molecule is Cc1ccc(-c2ccc(N(c3ccc(-c4ccc(-c5cc6ccccc6c6ccccc56)cc4)cc3)c3ccc(-n4c5ccccc5c5ccccc54)cc3)cc2)cc1. The van der Waals surface area contributed by atoms with Gasteiger partial charge >= 0.3 is 0 Å². The van der Waals surface area contributed by atoms with Crippen LogP contribution in [0.2, 0.25) is 0 Å². The molecular weight excluding hydrogens is 713 g/mol. The molecule has 11 rings (SSSR count). The molecule has 0 radical (unpaired) electrons. The van der Waals surface area contributed by atoms with Crippen molar-refractivity contribution in [2.24, 2.45) is 0 Å². The maximum atomic E-state index is 2.37. The van der Waals surface area contributed by atoms with Crippen molar-refractivity contribution >= 4 is 60.4 Å². The van der Waals surface area contributed by atoms with Crippen LogP contribution in [0.5, 0.6) is 0 Å². The van der Waals surface area contributed by atoms with E-state index in [1.807, 2.05) is 0 Å². The van der Waals surface area contributed by atoms with Crippen LogP contribution in [-0.4, -0.2) is 4.57 Å². The Morgan fingerprint density at radius 3 is 1.25 bits per heavy atom. The van der Waals surface area contributed by atoms with E-state index in [1.165, 1.54) is 82.3 Å². The second kappa shape index (κ2) is 14.4. The molecule has 0 saturated carbocycles. The third-order valence-electron chi connectivity index (χ3n) is 11.9. The van der Waals surface area contributed by atoms with E-state index in [4.69, 9.17) is 0 Å². The summed E-state index contributed by atoms with van der Waals surface area (Å²) in [6.45, 7) is 2.13. The largest absolute Gasteiger partial charge is 0.311 e. The summed E-state index contributed by atoms with van der Waals surface area (Å²) in [5, 5.41) is 7.64. The first kappa shape index (κ1) is 34.6. The first-order chi connectivity index (χ1) is 29.2. The molecule has 0 amide bonds. The van der Waals surface area contributed by atoms with Gasteiger partial charge in [-0.15, -0.1) is 0 Å². The van der Waals surface area contributed by atoms with Gasteiger partial charge in [0.15, 0.2) is 0 Å². The van der Waals surface area contributed by atoms with Gasteiger partial charge in [0.2, 0.25) is 0 Å². The fraction of sp³-hybridized carbons (Fsp3) is 0.0175. The molecule has 0 bridgehead atoms. The number of nitrogens with zero attached hydrogens (tertiary/aromatic N) is 2. The number of fused-ring (bicyclic) bond motifs is 6. The van der Waals surface area contributed by atoms with Crippen LogP contribution in [0.3, 0.4) is 0 Å². The molecule has 278 valence electrons. The summed E-state index contributed by atoms with van der Waals surface area (Å²) < 4.78 is 2.37. The highest BCUT2D eigenvalue weighted by molar-refractivity contribution is 6.14. The number of hydrogen-bond donors (Lipinski definition) is 0. The van der Waals surface area contributed by atoms with E-state index in [1.54, 1.807) is 0 Å². The minimum absolute atomic E-state index is 1.09. The highest BCUT2D eigenvalue weighted by Gasteiger charge is 2.16. The van der Waals surface area contributed by atoms with Crippen LogP contribution in [0.15, 0.2) is 224 Å². The van der Waals surface area contributed by atoms with Gasteiger partial charge < -0.3 is 9.47 Å². The molecule has 2 nitrogen and oxygen atoms in total. The van der Waals surface area contributed by atoms with Gasteiger partial charge in [0.1, 0.15) is 0 Å². The Balaban J connectivity index is 0.953. The summed E-state index contributed by atoms with van der Waals surface area (Å²) >= 11 is 0. The minimum atomic E-state index is 1.09. The molecule has 11 aromatic rings. The van der Waals surface area contributed by atoms with Gasteiger partial charge in [-0.2, -0.15) is 0 Å². The summed E-state index contributed by atoms with van der Waals surface area (Å²) in [4.78, 5) is 2.35. The molecule has 0 spiro atoms. The third-order valence-corrected chi connectivity index (χ3v) is 11.9. The fourth-order valence-corrected chi connectivity index (χ4v) is 8.89. The van der Waals surface area contributed by atoms with Crippen molar-refractivity contribution in [1.82, 2.24) is 4.57 Å².